The maximum Gasteiger partial charge on any atom is 0.220 e. The quantitative estimate of drug-likeness (QED) is 0.784. The lowest BCUT2D eigenvalue weighted by Crippen LogP contribution is -2.43. The molecule has 5 heteroatoms. The number of Topliss-reactive ketones (excluding diaryl/α,β-unsaturated/α-hetero) is 1. The molecule has 1 fully saturated rings. The summed E-state index contributed by atoms with van der Waals surface area (Å²) in [7, 11) is 2.09. The van der Waals surface area contributed by atoms with E-state index in [0.717, 1.165) is 31.7 Å². The number of hydrogen-bond acceptors (Lipinski definition) is 4. The lowest BCUT2D eigenvalue weighted by molar-refractivity contribution is -0.122. The van der Waals surface area contributed by atoms with Gasteiger partial charge in [0.25, 0.3) is 0 Å². The predicted molar refractivity (Wildman–Crippen MR) is 89.8 cm³/mol. The summed E-state index contributed by atoms with van der Waals surface area (Å²) in [5.41, 5.74) is 0.626. The van der Waals surface area contributed by atoms with Crippen molar-refractivity contribution < 1.29 is 14.3 Å². The number of carbonyl (C=O) groups excluding carboxylic acids is 2. The first-order chi connectivity index (χ1) is 11.1. The van der Waals surface area contributed by atoms with Crippen molar-refractivity contribution in [3.8, 4) is 5.75 Å². The highest BCUT2D eigenvalue weighted by Crippen LogP contribution is 2.14. The van der Waals surface area contributed by atoms with Gasteiger partial charge in [0, 0.05) is 24.4 Å². The maximum atomic E-state index is 12.1. The van der Waals surface area contributed by atoms with Gasteiger partial charge >= 0.3 is 0 Å². The second-order valence-corrected chi connectivity index (χ2v) is 6.03. The highest BCUT2D eigenvalue weighted by molar-refractivity contribution is 5.98. The molecule has 1 aliphatic rings. The number of nitrogens with one attached hydrogen (secondary N) is 1. The molecule has 0 aromatic heterocycles. The van der Waals surface area contributed by atoms with E-state index >= 15 is 0 Å². The standard InChI is InChI=1S/C18H26N2O3/c1-3-23-16-6-4-14(5-7-16)17(21)8-9-18(22)19-15-10-12-20(2)13-11-15/h4-7,15H,3,8-13H2,1-2H3,(H,19,22). The highest BCUT2D eigenvalue weighted by atomic mass is 16.5. The molecule has 0 aliphatic carbocycles. The molecule has 2 rings (SSSR count). The van der Waals surface area contributed by atoms with E-state index in [1.807, 2.05) is 6.92 Å². The monoisotopic (exact) mass is 318 g/mol. The van der Waals surface area contributed by atoms with Crippen molar-refractivity contribution in [1.29, 1.82) is 0 Å². The molecule has 1 N–H and O–H groups in total. The minimum Gasteiger partial charge on any atom is -0.494 e. The molecule has 5 nitrogen and oxygen atoms in total. The Morgan fingerprint density at radius 1 is 1.17 bits per heavy atom. The van der Waals surface area contributed by atoms with E-state index in [1.165, 1.54) is 0 Å². The second-order valence-electron chi connectivity index (χ2n) is 6.03. The average Bonchev–Trinajstić information content (AvgIpc) is 2.56. The Morgan fingerprint density at radius 2 is 1.83 bits per heavy atom. The van der Waals surface area contributed by atoms with Crippen LogP contribution in [0.3, 0.4) is 0 Å². The Kier molecular flexibility index (Phi) is 6.59. The van der Waals surface area contributed by atoms with Gasteiger partial charge in [-0.3, -0.25) is 9.59 Å². The first-order valence-corrected chi connectivity index (χ1v) is 8.32. The summed E-state index contributed by atoms with van der Waals surface area (Å²) in [4.78, 5) is 26.4. The Bertz CT molecular complexity index is 520. The molecule has 0 radical (unpaired) electrons. The van der Waals surface area contributed by atoms with E-state index < -0.39 is 0 Å². The predicted octanol–water partition coefficient (Wildman–Crippen LogP) is 2.26. The summed E-state index contributed by atoms with van der Waals surface area (Å²) >= 11 is 0. The van der Waals surface area contributed by atoms with Crippen LogP contribution in [0.2, 0.25) is 0 Å². The largest absolute Gasteiger partial charge is 0.494 e. The molecule has 1 aromatic rings. The molecule has 0 spiro atoms. The van der Waals surface area contributed by atoms with Crippen LogP contribution in [0.25, 0.3) is 0 Å². The average molecular weight is 318 g/mol. The number of ketones is 1. The molecular formula is C18H26N2O3. The van der Waals surface area contributed by atoms with E-state index in [1.54, 1.807) is 24.3 Å². The van der Waals surface area contributed by atoms with Gasteiger partial charge in [-0.1, -0.05) is 0 Å². The molecule has 126 valence electrons. The fraction of sp³-hybridized carbons (Fsp3) is 0.556. The zero-order valence-electron chi connectivity index (χ0n) is 14.0. The van der Waals surface area contributed by atoms with Crippen LogP contribution in [0.4, 0.5) is 0 Å². The van der Waals surface area contributed by atoms with E-state index in [9.17, 15) is 9.59 Å². The minimum atomic E-state index is -0.0289. The SMILES string of the molecule is CCOc1ccc(C(=O)CCC(=O)NC2CCN(C)CC2)cc1. The minimum absolute atomic E-state index is 0.00780. The molecule has 0 unspecified atom stereocenters. The molecule has 1 saturated heterocycles. The van der Waals surface area contributed by atoms with Crippen LogP contribution >= 0.6 is 0 Å². The third-order valence-electron chi connectivity index (χ3n) is 4.15. The number of nitrogens with zero attached hydrogens (tertiary/aromatic N) is 1. The molecule has 1 aliphatic heterocycles. The van der Waals surface area contributed by atoms with Crippen LogP contribution in [-0.4, -0.2) is 49.4 Å². The van der Waals surface area contributed by atoms with E-state index in [-0.39, 0.29) is 30.6 Å². The van der Waals surface area contributed by atoms with E-state index in [0.29, 0.717) is 12.2 Å². The van der Waals surface area contributed by atoms with Crippen molar-refractivity contribution in [2.45, 2.75) is 38.6 Å². The number of hydrogen-bond donors (Lipinski definition) is 1. The van der Waals surface area contributed by atoms with Crippen molar-refractivity contribution in [3.05, 3.63) is 29.8 Å². The number of ether oxygens (including phenoxy) is 1. The Labute approximate surface area is 138 Å². The van der Waals surface area contributed by atoms with Crippen molar-refractivity contribution in [3.63, 3.8) is 0 Å². The van der Waals surface area contributed by atoms with Crippen molar-refractivity contribution in [2.24, 2.45) is 0 Å². The molecule has 0 atom stereocenters. The van der Waals surface area contributed by atoms with Crippen LogP contribution in [0.1, 0.15) is 43.0 Å². The van der Waals surface area contributed by atoms with Crippen LogP contribution in [0.5, 0.6) is 5.75 Å². The summed E-state index contributed by atoms with van der Waals surface area (Å²) in [5, 5.41) is 3.03. The molecule has 0 saturated carbocycles. The molecule has 1 aromatic carbocycles. The molecule has 1 amide bonds. The van der Waals surface area contributed by atoms with Gasteiger partial charge in [-0.2, -0.15) is 0 Å². The first-order valence-electron chi connectivity index (χ1n) is 8.32. The number of carbonyl (C=O) groups is 2. The summed E-state index contributed by atoms with van der Waals surface area (Å²) in [5.74, 6) is 0.717. The molecule has 23 heavy (non-hydrogen) atoms. The molecular weight excluding hydrogens is 292 g/mol. The third-order valence-corrected chi connectivity index (χ3v) is 4.15. The fourth-order valence-corrected chi connectivity index (χ4v) is 2.73. The number of rotatable bonds is 7. The smallest absolute Gasteiger partial charge is 0.220 e. The zero-order chi connectivity index (χ0) is 16.7. The van der Waals surface area contributed by atoms with Gasteiger partial charge in [-0.05, 0) is 64.2 Å². The number of likely N-dealkylation sites (tertiary alicyclic amines) is 1. The highest BCUT2D eigenvalue weighted by Gasteiger charge is 2.18. The third kappa shape index (κ3) is 5.67. The zero-order valence-corrected chi connectivity index (χ0v) is 14.0. The van der Waals surface area contributed by atoms with Gasteiger partial charge in [0.1, 0.15) is 5.75 Å². The van der Waals surface area contributed by atoms with Crippen molar-refractivity contribution in [1.82, 2.24) is 10.2 Å². The van der Waals surface area contributed by atoms with Crippen LogP contribution in [-0.2, 0) is 4.79 Å². The number of piperidine rings is 1. The van der Waals surface area contributed by atoms with Crippen molar-refractivity contribution >= 4 is 11.7 Å². The van der Waals surface area contributed by atoms with Gasteiger partial charge in [-0.15, -0.1) is 0 Å². The van der Waals surface area contributed by atoms with Crippen LogP contribution in [0.15, 0.2) is 24.3 Å². The second kappa shape index (κ2) is 8.67. The fourth-order valence-electron chi connectivity index (χ4n) is 2.73. The summed E-state index contributed by atoms with van der Waals surface area (Å²) in [6, 6.07) is 7.33. The summed E-state index contributed by atoms with van der Waals surface area (Å²) in [6.45, 7) is 4.54. The Morgan fingerprint density at radius 3 is 2.43 bits per heavy atom. The maximum absolute atomic E-state index is 12.1. The summed E-state index contributed by atoms with van der Waals surface area (Å²) < 4.78 is 5.35. The van der Waals surface area contributed by atoms with Gasteiger partial charge in [0.15, 0.2) is 5.78 Å². The van der Waals surface area contributed by atoms with Gasteiger partial charge in [0.2, 0.25) is 5.91 Å². The van der Waals surface area contributed by atoms with Crippen molar-refractivity contribution in [2.75, 3.05) is 26.7 Å². The van der Waals surface area contributed by atoms with E-state index in [2.05, 4.69) is 17.3 Å². The Balaban J connectivity index is 1.73. The molecule has 0 bridgehead atoms. The normalized spacial score (nSPS) is 16.1. The summed E-state index contributed by atoms with van der Waals surface area (Å²) in [6.07, 6.45) is 2.45. The van der Waals surface area contributed by atoms with Crippen LogP contribution in [0, 0.1) is 0 Å². The van der Waals surface area contributed by atoms with Gasteiger partial charge in [0.05, 0.1) is 6.61 Å². The van der Waals surface area contributed by atoms with Gasteiger partial charge < -0.3 is 15.0 Å². The molecule has 1 heterocycles. The Hall–Kier alpha value is -1.88. The van der Waals surface area contributed by atoms with Gasteiger partial charge in [-0.25, -0.2) is 0 Å². The lowest BCUT2D eigenvalue weighted by Gasteiger charge is -2.29. The number of amides is 1. The number of benzene rings is 1. The van der Waals surface area contributed by atoms with Crippen LogP contribution < -0.4 is 10.1 Å². The topological polar surface area (TPSA) is 58.6 Å². The van der Waals surface area contributed by atoms with E-state index in [4.69, 9.17) is 4.74 Å². The first kappa shape index (κ1) is 17.5. The lowest BCUT2D eigenvalue weighted by atomic mass is 10.0.